The summed E-state index contributed by atoms with van der Waals surface area (Å²) in [5.74, 6) is 0. The van der Waals surface area contributed by atoms with E-state index < -0.39 is 0 Å². The molecule has 1 aromatic carbocycles. The average molecular weight is 326 g/mol. The summed E-state index contributed by atoms with van der Waals surface area (Å²) < 4.78 is 3.11. The maximum atomic E-state index is 4.33. The topological polar surface area (TPSA) is 29.9 Å². The monoisotopic (exact) mass is 325 g/mol. The number of hydrogen-bond acceptors (Lipinski definition) is 2. The molecule has 0 radical (unpaired) electrons. The van der Waals surface area contributed by atoms with E-state index in [-0.39, 0.29) is 6.04 Å². The largest absolute Gasteiger partial charge is 0.371 e. The molecule has 0 fully saturated rings. The van der Waals surface area contributed by atoms with Gasteiger partial charge in [0.1, 0.15) is 4.60 Å². The van der Waals surface area contributed by atoms with Crippen LogP contribution in [-0.2, 0) is 0 Å². The minimum atomic E-state index is 0.1000. The molecule has 3 aromatic rings. The van der Waals surface area contributed by atoms with Crippen molar-refractivity contribution in [3.63, 3.8) is 0 Å². The van der Waals surface area contributed by atoms with Crippen molar-refractivity contribution in [1.29, 1.82) is 0 Å². The molecule has 1 N–H and O–H groups in total. The zero-order valence-corrected chi connectivity index (χ0v) is 12.2. The van der Waals surface area contributed by atoms with Crippen molar-refractivity contribution in [2.75, 3.05) is 5.32 Å². The Morgan fingerprint density at radius 1 is 1.05 bits per heavy atom. The summed E-state index contributed by atoms with van der Waals surface area (Å²) in [6.45, 7) is 0. The third-order valence-corrected chi connectivity index (χ3v) is 4.30. The maximum absolute atomic E-state index is 4.33. The molecular formula is C16H12BrN3. The number of nitrogens with zero attached hydrogens (tertiary/aromatic N) is 2. The van der Waals surface area contributed by atoms with Gasteiger partial charge in [0, 0.05) is 23.7 Å². The van der Waals surface area contributed by atoms with Crippen LogP contribution in [0.2, 0.25) is 0 Å². The Morgan fingerprint density at radius 3 is 2.85 bits per heavy atom. The molecule has 0 amide bonds. The van der Waals surface area contributed by atoms with E-state index in [1.165, 1.54) is 11.4 Å². The number of benzene rings is 1. The third kappa shape index (κ3) is 1.68. The van der Waals surface area contributed by atoms with Gasteiger partial charge in [-0.3, -0.25) is 0 Å². The predicted molar refractivity (Wildman–Crippen MR) is 83.2 cm³/mol. The fourth-order valence-corrected chi connectivity index (χ4v) is 3.21. The maximum Gasteiger partial charge on any atom is 0.111 e. The van der Waals surface area contributed by atoms with Crippen molar-refractivity contribution in [2.24, 2.45) is 0 Å². The lowest BCUT2D eigenvalue weighted by Crippen LogP contribution is -2.22. The average Bonchev–Trinajstić information content (AvgIpc) is 2.97. The standard InChI is InChI=1S/C16H12BrN3/c17-16-11(5-3-9-18-16)15-14-8-4-10-20(14)13-7-2-1-6-12(13)19-15/h1-10,15,19H. The van der Waals surface area contributed by atoms with Gasteiger partial charge in [-0.25, -0.2) is 4.98 Å². The summed E-state index contributed by atoms with van der Waals surface area (Å²) in [6, 6.07) is 16.7. The molecule has 3 nitrogen and oxygen atoms in total. The summed E-state index contributed by atoms with van der Waals surface area (Å²) in [5, 5.41) is 3.61. The van der Waals surface area contributed by atoms with E-state index in [1.807, 2.05) is 6.07 Å². The van der Waals surface area contributed by atoms with Crippen LogP contribution in [0, 0.1) is 0 Å². The van der Waals surface area contributed by atoms with E-state index in [0.29, 0.717) is 0 Å². The highest BCUT2D eigenvalue weighted by Gasteiger charge is 2.26. The molecule has 0 saturated heterocycles. The molecule has 0 bridgehead atoms. The SMILES string of the molecule is Brc1ncccc1C1Nc2ccccc2-n2cccc21. The van der Waals surface area contributed by atoms with Crippen LogP contribution in [0.3, 0.4) is 0 Å². The van der Waals surface area contributed by atoms with Crippen LogP contribution in [-0.4, -0.2) is 9.55 Å². The lowest BCUT2D eigenvalue weighted by Gasteiger charge is -2.29. The van der Waals surface area contributed by atoms with Crippen molar-refractivity contribution in [3.8, 4) is 5.69 Å². The first-order valence-electron chi connectivity index (χ1n) is 6.48. The molecule has 4 rings (SSSR count). The summed E-state index contributed by atoms with van der Waals surface area (Å²) in [6.07, 6.45) is 3.90. The molecule has 3 heterocycles. The Hall–Kier alpha value is -2.07. The van der Waals surface area contributed by atoms with Gasteiger partial charge < -0.3 is 9.88 Å². The van der Waals surface area contributed by atoms with E-state index in [0.717, 1.165) is 15.9 Å². The van der Waals surface area contributed by atoms with Gasteiger partial charge in [0.05, 0.1) is 17.4 Å². The Kier molecular flexibility index (Phi) is 2.63. The molecule has 20 heavy (non-hydrogen) atoms. The lowest BCUT2D eigenvalue weighted by molar-refractivity contribution is 0.801. The minimum Gasteiger partial charge on any atom is -0.371 e. The van der Waals surface area contributed by atoms with Crippen molar-refractivity contribution < 1.29 is 0 Å². The van der Waals surface area contributed by atoms with Crippen LogP contribution >= 0.6 is 15.9 Å². The van der Waals surface area contributed by atoms with Gasteiger partial charge in [0.2, 0.25) is 0 Å². The Labute approximate surface area is 125 Å². The van der Waals surface area contributed by atoms with E-state index in [2.05, 4.69) is 79.5 Å². The fourth-order valence-electron chi connectivity index (χ4n) is 2.73. The number of hydrogen-bond donors (Lipinski definition) is 1. The molecule has 0 aliphatic carbocycles. The van der Waals surface area contributed by atoms with Crippen LogP contribution < -0.4 is 5.32 Å². The van der Waals surface area contributed by atoms with Crippen LogP contribution in [0.5, 0.6) is 0 Å². The number of pyridine rings is 1. The molecule has 1 atom stereocenters. The smallest absolute Gasteiger partial charge is 0.111 e. The predicted octanol–water partition coefficient (Wildman–Crippen LogP) is 4.15. The third-order valence-electron chi connectivity index (χ3n) is 3.64. The van der Waals surface area contributed by atoms with Crippen LogP contribution in [0.25, 0.3) is 5.69 Å². The summed E-state index contributed by atoms with van der Waals surface area (Å²) in [7, 11) is 0. The van der Waals surface area contributed by atoms with Gasteiger partial charge >= 0.3 is 0 Å². The van der Waals surface area contributed by atoms with Gasteiger partial charge in [-0.05, 0) is 46.3 Å². The van der Waals surface area contributed by atoms with Crippen LogP contribution in [0.4, 0.5) is 5.69 Å². The number of halogens is 1. The summed E-state index contributed by atoms with van der Waals surface area (Å²) in [5.41, 5.74) is 4.68. The quantitative estimate of drug-likeness (QED) is 0.681. The van der Waals surface area contributed by atoms with Crippen molar-refractivity contribution >= 4 is 21.6 Å². The van der Waals surface area contributed by atoms with Crippen molar-refractivity contribution in [1.82, 2.24) is 9.55 Å². The molecule has 0 spiro atoms. The molecule has 1 aliphatic heterocycles. The molecule has 1 aliphatic rings. The fraction of sp³-hybridized carbons (Fsp3) is 0.0625. The molecular weight excluding hydrogens is 314 g/mol. The van der Waals surface area contributed by atoms with Crippen molar-refractivity contribution in [2.45, 2.75) is 6.04 Å². The summed E-state index contributed by atoms with van der Waals surface area (Å²) >= 11 is 3.55. The second kappa shape index (κ2) is 4.49. The normalized spacial score (nSPS) is 16.1. The van der Waals surface area contributed by atoms with Gasteiger partial charge in [0.15, 0.2) is 0 Å². The highest BCUT2D eigenvalue weighted by atomic mass is 79.9. The summed E-state index contributed by atoms with van der Waals surface area (Å²) in [4.78, 5) is 4.33. The Balaban J connectivity index is 1.92. The first-order valence-corrected chi connectivity index (χ1v) is 7.27. The Morgan fingerprint density at radius 2 is 1.95 bits per heavy atom. The molecule has 4 heteroatoms. The van der Waals surface area contributed by atoms with Gasteiger partial charge in [-0.1, -0.05) is 18.2 Å². The molecule has 0 saturated carbocycles. The zero-order chi connectivity index (χ0) is 13.5. The van der Waals surface area contributed by atoms with Gasteiger partial charge in [-0.15, -0.1) is 0 Å². The van der Waals surface area contributed by atoms with E-state index >= 15 is 0 Å². The number of aromatic nitrogens is 2. The Bertz CT molecular complexity index is 779. The second-order valence-corrected chi connectivity index (χ2v) is 5.53. The van der Waals surface area contributed by atoms with E-state index in [9.17, 15) is 0 Å². The number of fused-ring (bicyclic) bond motifs is 3. The molecule has 2 aromatic heterocycles. The van der Waals surface area contributed by atoms with Crippen LogP contribution in [0.1, 0.15) is 17.3 Å². The first-order chi connectivity index (χ1) is 9.84. The lowest BCUT2D eigenvalue weighted by atomic mass is 10.0. The van der Waals surface area contributed by atoms with Gasteiger partial charge in [-0.2, -0.15) is 0 Å². The van der Waals surface area contributed by atoms with Gasteiger partial charge in [0.25, 0.3) is 0 Å². The van der Waals surface area contributed by atoms with Crippen LogP contribution in [0.15, 0.2) is 65.5 Å². The zero-order valence-electron chi connectivity index (χ0n) is 10.6. The number of anilines is 1. The number of nitrogens with one attached hydrogen (secondary N) is 1. The minimum absolute atomic E-state index is 0.1000. The molecule has 98 valence electrons. The number of rotatable bonds is 1. The van der Waals surface area contributed by atoms with Crippen molar-refractivity contribution in [3.05, 3.63) is 76.8 Å². The number of para-hydroxylation sites is 2. The van der Waals surface area contributed by atoms with E-state index in [1.54, 1.807) is 6.20 Å². The highest BCUT2D eigenvalue weighted by molar-refractivity contribution is 9.10. The first kappa shape index (κ1) is 11.7. The second-order valence-electron chi connectivity index (χ2n) is 4.78. The molecule has 1 unspecified atom stereocenters. The highest BCUT2D eigenvalue weighted by Crippen LogP contribution is 2.38. The van der Waals surface area contributed by atoms with E-state index in [4.69, 9.17) is 0 Å².